The summed E-state index contributed by atoms with van der Waals surface area (Å²) in [5, 5.41) is 6.63. The van der Waals surface area contributed by atoms with Crippen LogP contribution in [0.3, 0.4) is 0 Å². The topological polar surface area (TPSA) is 55.1 Å². The van der Waals surface area contributed by atoms with Gasteiger partial charge in [0.1, 0.15) is 5.56 Å². The van der Waals surface area contributed by atoms with Crippen molar-refractivity contribution in [3.05, 3.63) is 71.9 Å². The zero-order valence-corrected chi connectivity index (χ0v) is 11.5. The van der Waals surface area contributed by atoms with Crippen LogP contribution in [0.1, 0.15) is 15.9 Å². The summed E-state index contributed by atoms with van der Waals surface area (Å²) in [6, 6.07) is 17.1. The summed E-state index contributed by atoms with van der Waals surface area (Å²) in [5.41, 5.74) is 3.03. The van der Waals surface area contributed by atoms with Crippen LogP contribution in [0.15, 0.2) is 65.3 Å². The van der Waals surface area contributed by atoms with Gasteiger partial charge >= 0.3 is 0 Å². The predicted molar refractivity (Wildman–Crippen MR) is 81.1 cm³/mol. The Morgan fingerprint density at radius 1 is 1.05 bits per heavy atom. The van der Waals surface area contributed by atoms with E-state index < -0.39 is 0 Å². The van der Waals surface area contributed by atoms with Crippen LogP contribution >= 0.6 is 0 Å². The van der Waals surface area contributed by atoms with Gasteiger partial charge in [-0.1, -0.05) is 53.7 Å². The van der Waals surface area contributed by atoms with E-state index >= 15 is 0 Å². The molecule has 1 heterocycles. The van der Waals surface area contributed by atoms with Crippen molar-refractivity contribution in [2.24, 2.45) is 0 Å². The number of benzene rings is 2. The second-order valence-electron chi connectivity index (χ2n) is 4.70. The van der Waals surface area contributed by atoms with Gasteiger partial charge in [0.15, 0.2) is 5.76 Å². The van der Waals surface area contributed by atoms with Crippen LogP contribution in [0.5, 0.6) is 0 Å². The number of hydrogen-bond donors (Lipinski definition) is 1. The summed E-state index contributed by atoms with van der Waals surface area (Å²) in [4.78, 5) is 12.4. The Morgan fingerprint density at radius 3 is 2.52 bits per heavy atom. The normalized spacial score (nSPS) is 10.3. The van der Waals surface area contributed by atoms with Crippen LogP contribution < -0.4 is 5.32 Å². The van der Waals surface area contributed by atoms with E-state index in [0.717, 1.165) is 16.8 Å². The summed E-state index contributed by atoms with van der Waals surface area (Å²) in [7, 11) is 0. The summed E-state index contributed by atoms with van der Waals surface area (Å²) in [6.45, 7) is 1.95. The number of para-hydroxylation sites is 1. The first kappa shape index (κ1) is 13.1. The third kappa shape index (κ3) is 2.69. The number of nitrogens with one attached hydrogen (secondary N) is 1. The highest BCUT2D eigenvalue weighted by molar-refractivity contribution is 6.07. The van der Waals surface area contributed by atoms with Crippen LogP contribution in [0.2, 0.25) is 0 Å². The lowest BCUT2D eigenvalue weighted by Crippen LogP contribution is -2.12. The molecule has 0 spiro atoms. The minimum Gasteiger partial charge on any atom is -0.355 e. The molecule has 0 aliphatic carbocycles. The Kier molecular flexibility index (Phi) is 3.51. The number of hydrogen-bond acceptors (Lipinski definition) is 3. The molecule has 1 aromatic heterocycles. The lowest BCUT2D eigenvalue weighted by atomic mass is 10.1. The van der Waals surface area contributed by atoms with E-state index in [0.29, 0.717) is 11.3 Å². The number of rotatable bonds is 3. The van der Waals surface area contributed by atoms with Crippen molar-refractivity contribution in [3.63, 3.8) is 0 Å². The molecule has 1 N–H and O–H groups in total. The van der Waals surface area contributed by atoms with E-state index in [9.17, 15) is 4.79 Å². The minimum absolute atomic E-state index is 0.232. The summed E-state index contributed by atoms with van der Waals surface area (Å²) >= 11 is 0. The van der Waals surface area contributed by atoms with E-state index in [4.69, 9.17) is 4.52 Å². The van der Waals surface area contributed by atoms with Crippen LogP contribution in [0.4, 0.5) is 5.69 Å². The van der Waals surface area contributed by atoms with Crippen LogP contribution in [-0.2, 0) is 0 Å². The first-order valence-corrected chi connectivity index (χ1v) is 6.63. The average Bonchev–Trinajstić information content (AvgIpc) is 3.00. The van der Waals surface area contributed by atoms with Gasteiger partial charge in [0.25, 0.3) is 5.91 Å². The molecule has 2 aromatic carbocycles. The Bertz CT molecular complexity index is 763. The van der Waals surface area contributed by atoms with Crippen molar-refractivity contribution < 1.29 is 9.32 Å². The van der Waals surface area contributed by atoms with Gasteiger partial charge in [0.05, 0.1) is 6.20 Å². The molecule has 3 aromatic rings. The highest BCUT2D eigenvalue weighted by Gasteiger charge is 2.18. The predicted octanol–water partition coefficient (Wildman–Crippen LogP) is 3.90. The smallest absolute Gasteiger partial charge is 0.261 e. The molecule has 104 valence electrons. The maximum Gasteiger partial charge on any atom is 0.261 e. The lowest BCUT2D eigenvalue weighted by molar-refractivity contribution is 0.102. The van der Waals surface area contributed by atoms with Gasteiger partial charge < -0.3 is 9.84 Å². The minimum atomic E-state index is -0.232. The molecular weight excluding hydrogens is 264 g/mol. The van der Waals surface area contributed by atoms with Gasteiger partial charge in [-0.25, -0.2) is 0 Å². The number of amides is 1. The Labute approximate surface area is 122 Å². The highest BCUT2D eigenvalue weighted by Crippen LogP contribution is 2.24. The molecule has 0 saturated heterocycles. The monoisotopic (exact) mass is 278 g/mol. The molecule has 21 heavy (non-hydrogen) atoms. The van der Waals surface area contributed by atoms with Gasteiger partial charge in [0, 0.05) is 11.3 Å². The van der Waals surface area contributed by atoms with E-state index in [1.165, 1.54) is 6.20 Å². The van der Waals surface area contributed by atoms with E-state index in [1.807, 2.05) is 61.5 Å². The molecule has 3 rings (SSSR count). The molecule has 0 fully saturated rings. The van der Waals surface area contributed by atoms with Crippen molar-refractivity contribution in [3.8, 4) is 11.3 Å². The molecule has 0 bridgehead atoms. The van der Waals surface area contributed by atoms with Crippen LogP contribution in [0.25, 0.3) is 11.3 Å². The van der Waals surface area contributed by atoms with Crippen molar-refractivity contribution >= 4 is 11.6 Å². The first-order chi connectivity index (χ1) is 10.3. The Morgan fingerprint density at radius 2 is 1.76 bits per heavy atom. The molecule has 1 amide bonds. The van der Waals surface area contributed by atoms with E-state index in [1.54, 1.807) is 0 Å². The quantitative estimate of drug-likeness (QED) is 0.790. The van der Waals surface area contributed by atoms with Crippen molar-refractivity contribution in [1.29, 1.82) is 0 Å². The number of anilines is 1. The van der Waals surface area contributed by atoms with Crippen molar-refractivity contribution in [1.82, 2.24) is 5.16 Å². The zero-order chi connectivity index (χ0) is 14.7. The number of nitrogens with zero attached hydrogens (tertiary/aromatic N) is 1. The summed E-state index contributed by atoms with van der Waals surface area (Å²) < 4.78 is 5.23. The third-order valence-electron chi connectivity index (χ3n) is 3.24. The number of aromatic nitrogens is 1. The number of aryl methyl sites for hydroxylation is 1. The van der Waals surface area contributed by atoms with Crippen molar-refractivity contribution in [2.45, 2.75) is 6.92 Å². The zero-order valence-electron chi connectivity index (χ0n) is 11.5. The van der Waals surface area contributed by atoms with Crippen LogP contribution in [0, 0.1) is 6.92 Å². The molecule has 0 atom stereocenters. The molecule has 0 unspecified atom stereocenters. The summed E-state index contributed by atoms with van der Waals surface area (Å²) in [6.07, 6.45) is 1.44. The Balaban J connectivity index is 1.90. The van der Waals surface area contributed by atoms with Crippen molar-refractivity contribution in [2.75, 3.05) is 5.32 Å². The highest BCUT2D eigenvalue weighted by atomic mass is 16.5. The number of carbonyl (C=O) groups is 1. The standard InChI is InChI=1S/C17H14N2O2/c1-12-7-5-6-10-15(12)19-17(20)14-11-18-21-16(14)13-8-3-2-4-9-13/h2-11H,1H3,(H,19,20). The SMILES string of the molecule is Cc1ccccc1NC(=O)c1cnoc1-c1ccccc1. The molecular formula is C17H14N2O2. The van der Waals surface area contributed by atoms with E-state index in [-0.39, 0.29) is 5.91 Å². The van der Waals surface area contributed by atoms with Gasteiger partial charge in [0.2, 0.25) is 0 Å². The lowest BCUT2D eigenvalue weighted by Gasteiger charge is -2.07. The maximum absolute atomic E-state index is 12.4. The molecule has 0 radical (unpaired) electrons. The van der Waals surface area contributed by atoms with Crippen LogP contribution in [-0.4, -0.2) is 11.1 Å². The molecule has 0 saturated carbocycles. The largest absolute Gasteiger partial charge is 0.355 e. The first-order valence-electron chi connectivity index (χ1n) is 6.63. The summed E-state index contributed by atoms with van der Waals surface area (Å²) in [5.74, 6) is 0.242. The fourth-order valence-electron chi connectivity index (χ4n) is 2.10. The second kappa shape index (κ2) is 5.63. The van der Waals surface area contributed by atoms with Gasteiger partial charge in [-0.15, -0.1) is 0 Å². The van der Waals surface area contributed by atoms with Gasteiger partial charge in [-0.2, -0.15) is 0 Å². The average molecular weight is 278 g/mol. The Hall–Kier alpha value is -2.88. The third-order valence-corrected chi connectivity index (χ3v) is 3.24. The molecule has 4 nitrogen and oxygen atoms in total. The maximum atomic E-state index is 12.4. The molecule has 4 heteroatoms. The fraction of sp³-hybridized carbons (Fsp3) is 0.0588. The fourth-order valence-corrected chi connectivity index (χ4v) is 2.10. The molecule has 0 aliphatic rings. The van der Waals surface area contributed by atoms with E-state index in [2.05, 4.69) is 10.5 Å². The number of carbonyl (C=O) groups excluding carboxylic acids is 1. The second-order valence-corrected chi connectivity index (χ2v) is 4.70. The van der Waals surface area contributed by atoms with Gasteiger partial charge in [-0.3, -0.25) is 4.79 Å². The van der Waals surface area contributed by atoms with Gasteiger partial charge in [-0.05, 0) is 18.6 Å². The molecule has 0 aliphatic heterocycles.